The molecule has 0 radical (unpaired) electrons. The Hall–Kier alpha value is -4.35. The number of sulfonamides is 1. The van der Waals surface area contributed by atoms with Crippen LogP contribution in [0.1, 0.15) is 96.7 Å². The van der Waals surface area contributed by atoms with Crippen molar-refractivity contribution in [3.05, 3.63) is 46.6 Å². The number of rotatable bonds is 4. The van der Waals surface area contributed by atoms with Crippen molar-refractivity contribution in [1.29, 1.82) is 0 Å². The third-order valence-corrected chi connectivity index (χ3v) is 13.8. The van der Waals surface area contributed by atoms with Crippen LogP contribution >= 0.6 is 11.6 Å². The zero-order valence-corrected chi connectivity index (χ0v) is 33.4. The number of carbonyl (C=O) groups excluding carboxylic acids is 4. The van der Waals surface area contributed by atoms with E-state index in [-0.39, 0.29) is 13.0 Å². The number of ether oxygens (including phenoxy) is 2. The maximum Gasteiger partial charge on any atom is 0.408 e. The second-order valence-electron chi connectivity index (χ2n) is 16.8. The van der Waals surface area contributed by atoms with Gasteiger partial charge in [0.2, 0.25) is 21.8 Å². The normalized spacial score (nSPS) is 29.3. The molecule has 13 nitrogen and oxygen atoms in total. The molecule has 2 aliphatic carbocycles. The number of alkyl carbamates (subject to hydrolysis) is 1. The fourth-order valence-electron chi connectivity index (χ4n) is 7.93. The number of carbonyl (C=O) groups is 4. The highest BCUT2D eigenvalue weighted by atomic mass is 35.5. The van der Waals surface area contributed by atoms with Gasteiger partial charge < -0.3 is 25.0 Å². The predicted octanol–water partition coefficient (Wildman–Crippen LogP) is 4.76. The van der Waals surface area contributed by atoms with Crippen molar-refractivity contribution in [3.63, 3.8) is 0 Å². The van der Waals surface area contributed by atoms with E-state index >= 15 is 0 Å². The number of amides is 4. The molecule has 0 unspecified atom stereocenters. The van der Waals surface area contributed by atoms with Crippen LogP contribution in [-0.2, 0) is 35.6 Å². The Kier molecular flexibility index (Phi) is 9.90. The number of aromatic nitrogens is 1. The summed E-state index contributed by atoms with van der Waals surface area (Å²) in [5.41, 5.74) is -1.42. The summed E-state index contributed by atoms with van der Waals surface area (Å²) in [6, 6.07) is 3.32. The smallest absolute Gasteiger partial charge is 0.408 e. The van der Waals surface area contributed by atoms with Crippen LogP contribution in [0.25, 0.3) is 10.9 Å². The van der Waals surface area contributed by atoms with Crippen LogP contribution in [0.2, 0.25) is 5.02 Å². The highest BCUT2D eigenvalue weighted by molar-refractivity contribution is 7.91. The van der Waals surface area contributed by atoms with Gasteiger partial charge in [0.15, 0.2) is 5.54 Å². The van der Waals surface area contributed by atoms with Gasteiger partial charge >= 0.3 is 6.09 Å². The molecule has 2 fully saturated rings. The molecule has 2 aromatic rings. The van der Waals surface area contributed by atoms with Crippen molar-refractivity contribution in [2.75, 3.05) is 6.54 Å². The van der Waals surface area contributed by atoms with Crippen molar-refractivity contribution in [1.82, 2.24) is 25.2 Å². The zero-order chi connectivity index (χ0) is 39.6. The predicted molar refractivity (Wildman–Crippen MR) is 206 cm³/mol. The van der Waals surface area contributed by atoms with E-state index in [2.05, 4.69) is 27.2 Å². The lowest BCUT2D eigenvalue weighted by Crippen LogP contribution is -2.68. The fourth-order valence-corrected chi connectivity index (χ4v) is 9.39. The largest absolute Gasteiger partial charge is 0.483 e. The molecule has 1 saturated heterocycles. The van der Waals surface area contributed by atoms with Crippen molar-refractivity contribution >= 4 is 56.3 Å². The van der Waals surface area contributed by atoms with E-state index < -0.39 is 73.3 Å². The molecule has 5 atom stereocenters. The van der Waals surface area contributed by atoms with E-state index in [4.69, 9.17) is 26.1 Å². The number of hydrogen-bond donors (Lipinski definition) is 3. The number of nitrogens with zero attached hydrogens (tertiary/aromatic N) is 2. The summed E-state index contributed by atoms with van der Waals surface area (Å²) < 4.78 is 40.0. The number of benzene rings is 1. The lowest BCUT2D eigenvalue weighted by Gasteiger charge is -2.38. The van der Waals surface area contributed by atoms with Crippen LogP contribution in [0.5, 0.6) is 5.75 Å². The molecule has 3 N–H and O–H groups in total. The molecule has 294 valence electrons. The number of aryl methyl sites for hydroxylation is 2. The van der Waals surface area contributed by atoms with Crippen LogP contribution in [0, 0.1) is 24.7 Å². The summed E-state index contributed by atoms with van der Waals surface area (Å²) >= 11 is 6.28. The maximum absolute atomic E-state index is 14.7. The molecule has 1 saturated carbocycles. The van der Waals surface area contributed by atoms with E-state index in [1.165, 1.54) is 4.90 Å². The average Bonchev–Trinajstić information content (AvgIpc) is 3.76. The van der Waals surface area contributed by atoms with Gasteiger partial charge in [0.05, 0.1) is 28.4 Å². The van der Waals surface area contributed by atoms with Crippen LogP contribution < -0.4 is 20.1 Å². The third-order valence-electron chi connectivity index (χ3n) is 11.4. The SMILES string of the molecule is Cc1nc2cc(Cl)ccc2c2c1O[C@]1(CC2)C[C@H]2C(=O)N[C@]3(C(=O)NS(=O)(=O)C4(C)CC4)C#C[C@H]3/C=C\CCCCC[C@H](NC(=O)OC(C)(C)C)C(=O)N2C1. The van der Waals surface area contributed by atoms with Crippen LogP contribution in [0.4, 0.5) is 4.79 Å². The first-order valence-electron chi connectivity index (χ1n) is 19.0. The lowest BCUT2D eigenvalue weighted by atomic mass is 9.75. The molecular weight excluding hydrogens is 746 g/mol. The molecule has 1 aromatic carbocycles. The van der Waals surface area contributed by atoms with Gasteiger partial charge in [-0.05, 0) is 91.7 Å². The van der Waals surface area contributed by atoms with Gasteiger partial charge in [0, 0.05) is 22.4 Å². The molecule has 1 aromatic heterocycles. The van der Waals surface area contributed by atoms with Crippen LogP contribution in [0.3, 0.4) is 0 Å². The number of fused-ring (bicyclic) bond motifs is 5. The summed E-state index contributed by atoms with van der Waals surface area (Å²) in [6.45, 7) is 8.61. The van der Waals surface area contributed by atoms with E-state index in [0.717, 1.165) is 29.3 Å². The van der Waals surface area contributed by atoms with Gasteiger partial charge in [-0.1, -0.05) is 54.5 Å². The summed E-state index contributed by atoms with van der Waals surface area (Å²) in [4.78, 5) is 62.7. The van der Waals surface area contributed by atoms with Crippen molar-refractivity contribution in [3.8, 4) is 17.6 Å². The topological polar surface area (TPSA) is 173 Å². The molecule has 1 spiro atoms. The number of nitrogens with one attached hydrogen (secondary N) is 3. The minimum atomic E-state index is -4.07. The minimum Gasteiger partial charge on any atom is -0.483 e. The first kappa shape index (κ1) is 38.9. The average molecular weight is 794 g/mol. The highest BCUT2D eigenvalue weighted by Crippen LogP contribution is 2.46. The van der Waals surface area contributed by atoms with E-state index in [0.29, 0.717) is 61.4 Å². The Labute approximate surface area is 326 Å². The number of halogens is 1. The first-order chi connectivity index (χ1) is 25.8. The van der Waals surface area contributed by atoms with Crippen LogP contribution in [-0.4, -0.2) is 82.2 Å². The van der Waals surface area contributed by atoms with Gasteiger partial charge in [-0.15, -0.1) is 0 Å². The Morgan fingerprint density at radius 1 is 1.15 bits per heavy atom. The van der Waals surface area contributed by atoms with Crippen molar-refractivity contribution in [2.45, 2.75) is 132 Å². The zero-order valence-electron chi connectivity index (χ0n) is 31.8. The summed E-state index contributed by atoms with van der Waals surface area (Å²) in [6.07, 6.45) is 7.77. The molecule has 7 rings (SSSR count). The summed E-state index contributed by atoms with van der Waals surface area (Å²) in [5.74, 6) is 3.38. The molecule has 4 amide bonds. The van der Waals surface area contributed by atoms with E-state index in [1.54, 1.807) is 45.9 Å². The quantitative estimate of drug-likeness (QED) is 0.292. The molecule has 15 heteroatoms. The van der Waals surface area contributed by atoms with Crippen LogP contribution in [0.15, 0.2) is 30.4 Å². The lowest BCUT2D eigenvalue weighted by molar-refractivity contribution is -0.142. The van der Waals surface area contributed by atoms with Gasteiger partial charge in [-0.3, -0.25) is 14.4 Å². The Bertz CT molecular complexity index is 2170. The van der Waals surface area contributed by atoms with Gasteiger partial charge in [0.1, 0.15) is 29.0 Å². The second kappa shape index (κ2) is 14.0. The van der Waals surface area contributed by atoms with Gasteiger partial charge in [-0.25, -0.2) is 22.9 Å². The minimum absolute atomic E-state index is 0.00882. The molecule has 0 bridgehead atoms. The Balaban J connectivity index is 1.25. The fraction of sp³-hybridized carbons (Fsp3) is 0.575. The number of hydrogen-bond acceptors (Lipinski definition) is 9. The monoisotopic (exact) mass is 793 g/mol. The van der Waals surface area contributed by atoms with E-state index in [9.17, 15) is 27.6 Å². The molecule has 55 heavy (non-hydrogen) atoms. The second-order valence-corrected chi connectivity index (χ2v) is 19.5. The number of pyridine rings is 1. The molecule has 5 aliphatic rings. The Morgan fingerprint density at radius 2 is 1.91 bits per heavy atom. The number of allylic oxidation sites excluding steroid dienone is 1. The maximum atomic E-state index is 14.7. The van der Waals surface area contributed by atoms with Gasteiger partial charge in [0.25, 0.3) is 5.91 Å². The highest BCUT2D eigenvalue weighted by Gasteiger charge is 2.58. The van der Waals surface area contributed by atoms with Crippen molar-refractivity contribution < 1.29 is 37.1 Å². The third kappa shape index (κ3) is 7.49. The summed E-state index contributed by atoms with van der Waals surface area (Å²) in [5, 5.41) is 7.06. The van der Waals surface area contributed by atoms with Gasteiger partial charge in [-0.2, -0.15) is 0 Å². The first-order valence-corrected chi connectivity index (χ1v) is 20.9. The van der Waals surface area contributed by atoms with Crippen molar-refractivity contribution in [2.24, 2.45) is 5.92 Å². The molecule has 3 aliphatic heterocycles. The molecule has 4 heterocycles. The molecular formula is C40H48ClN5O8S. The standard InChI is InChI=1S/C40H48ClN5O8S/c1-24-32-28(27-14-13-26(41)21-30(27)42-24)16-17-39(53-32)22-31-33(47)44-40(35(49)45-55(51,52)38(5)19-20-38)18-15-25(40)11-9-7-6-8-10-12-29(34(48)46(31)23-39)43-36(50)54-37(2,3)4/h9,11,13-14,21,25,29,31H,6-8,10,12,16-17,19-20,22-23H2,1-5H3,(H,43,50)(H,44,47)(H,45,49)/b11-9-/t25-,29+,31+,39-,40-/m1/s1. The summed E-state index contributed by atoms with van der Waals surface area (Å²) in [7, 11) is -4.07. The Morgan fingerprint density at radius 3 is 2.60 bits per heavy atom. The van der Waals surface area contributed by atoms with E-state index in [1.807, 2.05) is 19.1 Å².